The second-order valence-corrected chi connectivity index (χ2v) is 8.83. The van der Waals surface area contributed by atoms with E-state index < -0.39 is 4.87 Å². The second-order valence-electron chi connectivity index (χ2n) is 7.51. The van der Waals surface area contributed by atoms with Gasteiger partial charge in [0.2, 0.25) is 5.91 Å². The van der Waals surface area contributed by atoms with E-state index in [1.54, 1.807) is 4.90 Å². The third-order valence-electron chi connectivity index (χ3n) is 5.78. The molecule has 0 aromatic heterocycles. The highest BCUT2D eigenvalue weighted by Crippen LogP contribution is 2.55. The molecule has 0 bridgehead atoms. The number of nitrogens with zero attached hydrogens (tertiary/aromatic N) is 1. The Morgan fingerprint density at radius 1 is 1.35 bits per heavy atom. The molecule has 2 fully saturated rings. The summed E-state index contributed by atoms with van der Waals surface area (Å²) in [4.78, 5) is 27.3. The van der Waals surface area contributed by atoms with Crippen molar-refractivity contribution in [3.05, 3.63) is 24.3 Å². The Morgan fingerprint density at radius 2 is 2.15 bits per heavy atom. The monoisotopic (exact) mass is 374 g/mol. The SMILES string of the molecule is C[C@@H]1CCCC[C@@H]1OCCNC(=O)[C@]12CCC(=O)N1c1ccccc1S2. The van der Waals surface area contributed by atoms with E-state index in [9.17, 15) is 9.59 Å². The number of amides is 2. The molecule has 4 rings (SSSR count). The van der Waals surface area contributed by atoms with Gasteiger partial charge in [-0.15, -0.1) is 0 Å². The molecule has 1 N–H and O–H groups in total. The van der Waals surface area contributed by atoms with Crippen LogP contribution >= 0.6 is 11.8 Å². The van der Waals surface area contributed by atoms with Gasteiger partial charge in [-0.1, -0.05) is 43.7 Å². The number of hydrogen-bond acceptors (Lipinski definition) is 4. The number of benzene rings is 1. The normalized spacial score (nSPS) is 30.2. The van der Waals surface area contributed by atoms with E-state index in [2.05, 4.69) is 12.2 Å². The number of nitrogens with one attached hydrogen (secondary N) is 1. The van der Waals surface area contributed by atoms with E-state index in [-0.39, 0.29) is 11.8 Å². The number of carbonyl (C=O) groups excluding carboxylic acids is 2. The maximum atomic E-state index is 13.0. The highest BCUT2D eigenvalue weighted by Gasteiger charge is 2.57. The predicted octanol–water partition coefficient (Wildman–Crippen LogP) is 3.33. The summed E-state index contributed by atoms with van der Waals surface area (Å²) in [5, 5.41) is 3.02. The van der Waals surface area contributed by atoms with Gasteiger partial charge in [0, 0.05) is 17.9 Å². The van der Waals surface area contributed by atoms with Crippen LogP contribution in [0.1, 0.15) is 45.4 Å². The summed E-state index contributed by atoms with van der Waals surface area (Å²) in [5.41, 5.74) is 0.863. The predicted molar refractivity (Wildman–Crippen MR) is 102 cm³/mol. The number of carbonyl (C=O) groups is 2. The molecule has 1 saturated carbocycles. The largest absolute Gasteiger partial charge is 0.376 e. The van der Waals surface area contributed by atoms with E-state index in [0.717, 1.165) is 17.0 Å². The van der Waals surface area contributed by atoms with Crippen molar-refractivity contribution in [2.45, 2.75) is 61.3 Å². The van der Waals surface area contributed by atoms with Crippen molar-refractivity contribution in [2.24, 2.45) is 5.92 Å². The third-order valence-corrected chi connectivity index (χ3v) is 7.26. The topological polar surface area (TPSA) is 58.6 Å². The molecular weight excluding hydrogens is 348 g/mol. The Bertz CT molecular complexity index is 710. The van der Waals surface area contributed by atoms with Gasteiger partial charge in [-0.3, -0.25) is 14.5 Å². The summed E-state index contributed by atoms with van der Waals surface area (Å²) >= 11 is 1.50. The van der Waals surface area contributed by atoms with Crippen LogP contribution in [0.25, 0.3) is 0 Å². The van der Waals surface area contributed by atoms with E-state index in [4.69, 9.17) is 4.74 Å². The number of hydrogen-bond donors (Lipinski definition) is 1. The second kappa shape index (κ2) is 7.24. The minimum Gasteiger partial charge on any atom is -0.376 e. The molecular formula is C20H26N2O3S. The van der Waals surface area contributed by atoms with Crippen molar-refractivity contribution in [2.75, 3.05) is 18.1 Å². The van der Waals surface area contributed by atoms with Crippen LogP contribution in [-0.4, -0.2) is 35.9 Å². The lowest BCUT2D eigenvalue weighted by molar-refractivity contribution is -0.125. The number of rotatable bonds is 5. The molecule has 1 aromatic carbocycles. The standard InChI is InChI=1S/C20H26N2O3S/c1-14-6-2-4-8-16(14)25-13-12-21-19(24)20-11-10-18(23)22(20)15-7-3-5-9-17(15)26-20/h3,5,7,9,14,16H,2,4,6,8,10-13H2,1H3,(H,21,24)/t14-,16+,20-/m1/s1. The maximum absolute atomic E-state index is 13.0. The number of ether oxygens (including phenoxy) is 1. The molecule has 1 aliphatic carbocycles. The fourth-order valence-corrected chi connectivity index (χ4v) is 5.78. The smallest absolute Gasteiger partial charge is 0.257 e. The van der Waals surface area contributed by atoms with Gasteiger partial charge in [-0.2, -0.15) is 0 Å². The molecule has 0 unspecified atom stereocenters. The minimum atomic E-state index is -0.821. The zero-order valence-corrected chi connectivity index (χ0v) is 16.0. The molecule has 5 nitrogen and oxygen atoms in total. The molecule has 1 saturated heterocycles. The van der Waals surface area contributed by atoms with Gasteiger partial charge < -0.3 is 10.1 Å². The van der Waals surface area contributed by atoms with Gasteiger partial charge in [-0.25, -0.2) is 0 Å². The Balaban J connectivity index is 1.36. The quantitative estimate of drug-likeness (QED) is 0.803. The lowest BCUT2D eigenvalue weighted by Crippen LogP contribution is -2.53. The summed E-state index contributed by atoms with van der Waals surface area (Å²) in [7, 11) is 0. The molecule has 0 spiro atoms. The highest BCUT2D eigenvalue weighted by molar-refractivity contribution is 8.02. The van der Waals surface area contributed by atoms with Gasteiger partial charge in [-0.05, 0) is 37.3 Å². The van der Waals surface area contributed by atoms with Crippen LogP contribution < -0.4 is 10.2 Å². The van der Waals surface area contributed by atoms with Gasteiger partial charge in [0.05, 0.1) is 18.4 Å². The van der Waals surface area contributed by atoms with E-state index in [0.29, 0.717) is 38.0 Å². The molecule has 140 valence electrons. The van der Waals surface area contributed by atoms with Crippen LogP contribution in [0.4, 0.5) is 5.69 Å². The Kier molecular flexibility index (Phi) is 4.97. The van der Waals surface area contributed by atoms with Crippen molar-refractivity contribution >= 4 is 29.3 Å². The van der Waals surface area contributed by atoms with Gasteiger partial charge in [0.15, 0.2) is 4.87 Å². The van der Waals surface area contributed by atoms with Gasteiger partial charge in [0.25, 0.3) is 5.91 Å². The molecule has 2 aliphatic heterocycles. The molecule has 2 heterocycles. The van der Waals surface area contributed by atoms with Crippen LogP contribution in [-0.2, 0) is 14.3 Å². The molecule has 1 aromatic rings. The van der Waals surface area contributed by atoms with Crippen LogP contribution in [0.15, 0.2) is 29.2 Å². The fraction of sp³-hybridized carbons (Fsp3) is 0.600. The summed E-state index contributed by atoms with van der Waals surface area (Å²) in [6.45, 7) is 3.26. The summed E-state index contributed by atoms with van der Waals surface area (Å²) in [6, 6.07) is 7.77. The fourth-order valence-electron chi connectivity index (χ4n) is 4.34. The molecule has 2 amide bonds. The minimum absolute atomic E-state index is 0.0323. The zero-order valence-electron chi connectivity index (χ0n) is 15.2. The first-order valence-electron chi connectivity index (χ1n) is 9.63. The number of fused-ring (bicyclic) bond motifs is 3. The van der Waals surface area contributed by atoms with E-state index in [1.165, 1.54) is 31.0 Å². The molecule has 26 heavy (non-hydrogen) atoms. The van der Waals surface area contributed by atoms with Gasteiger partial charge >= 0.3 is 0 Å². The zero-order chi connectivity index (χ0) is 18.1. The number of para-hydroxylation sites is 1. The summed E-state index contributed by atoms with van der Waals surface area (Å²) in [5.74, 6) is 0.551. The first kappa shape index (κ1) is 17.9. The number of thioether (sulfide) groups is 1. The third kappa shape index (κ3) is 3.03. The van der Waals surface area contributed by atoms with E-state index >= 15 is 0 Å². The van der Waals surface area contributed by atoms with Crippen molar-refractivity contribution in [1.82, 2.24) is 5.32 Å². The van der Waals surface area contributed by atoms with Crippen LogP contribution in [0.3, 0.4) is 0 Å². The lowest BCUT2D eigenvalue weighted by atomic mass is 9.88. The lowest BCUT2D eigenvalue weighted by Gasteiger charge is -2.30. The van der Waals surface area contributed by atoms with Crippen molar-refractivity contribution < 1.29 is 14.3 Å². The number of anilines is 1. The van der Waals surface area contributed by atoms with Crippen molar-refractivity contribution in [3.8, 4) is 0 Å². The Morgan fingerprint density at radius 3 is 3.00 bits per heavy atom. The Hall–Kier alpha value is -1.53. The molecule has 6 heteroatoms. The van der Waals surface area contributed by atoms with Crippen LogP contribution in [0.5, 0.6) is 0 Å². The molecule has 3 aliphatic rings. The molecule has 3 atom stereocenters. The summed E-state index contributed by atoms with van der Waals surface area (Å²) in [6.07, 6.45) is 6.16. The maximum Gasteiger partial charge on any atom is 0.257 e. The van der Waals surface area contributed by atoms with Crippen LogP contribution in [0, 0.1) is 5.92 Å². The average molecular weight is 375 g/mol. The average Bonchev–Trinajstić information content (AvgIpc) is 3.16. The van der Waals surface area contributed by atoms with E-state index in [1.807, 2.05) is 24.3 Å². The van der Waals surface area contributed by atoms with Crippen molar-refractivity contribution in [1.29, 1.82) is 0 Å². The highest BCUT2D eigenvalue weighted by atomic mass is 32.2. The van der Waals surface area contributed by atoms with Gasteiger partial charge in [0.1, 0.15) is 0 Å². The Labute approximate surface area is 158 Å². The first-order chi connectivity index (χ1) is 12.6. The van der Waals surface area contributed by atoms with Crippen LogP contribution in [0.2, 0.25) is 0 Å². The first-order valence-corrected chi connectivity index (χ1v) is 10.4. The molecule has 0 radical (unpaired) electrons. The van der Waals surface area contributed by atoms with Crippen molar-refractivity contribution in [3.63, 3.8) is 0 Å². The summed E-state index contributed by atoms with van der Waals surface area (Å²) < 4.78 is 6.00.